The van der Waals surface area contributed by atoms with Crippen molar-refractivity contribution in [2.24, 2.45) is 4.99 Å². The Balaban J connectivity index is 1.24. The van der Waals surface area contributed by atoms with E-state index >= 15 is 8.78 Å². The van der Waals surface area contributed by atoms with Gasteiger partial charge in [0.2, 0.25) is 0 Å². The number of hydrogen-bond acceptors (Lipinski definition) is 4. The third kappa shape index (κ3) is 6.30. The second-order valence-corrected chi connectivity index (χ2v) is 10.6. The van der Waals surface area contributed by atoms with Gasteiger partial charge in [-0.1, -0.05) is 66.7 Å². The van der Waals surface area contributed by atoms with E-state index < -0.39 is 29.7 Å². The zero-order chi connectivity index (χ0) is 32.1. The number of rotatable bonds is 5. The zero-order valence-electron chi connectivity index (χ0n) is 24.5. The van der Waals surface area contributed by atoms with E-state index in [2.05, 4.69) is 10.3 Å². The maximum Gasteiger partial charge on any atom is 0.275 e. The van der Waals surface area contributed by atoms with Crippen LogP contribution in [0.4, 0.5) is 20.2 Å². The van der Waals surface area contributed by atoms with Crippen LogP contribution in [-0.2, 0) is 4.79 Å². The third-order valence-corrected chi connectivity index (χ3v) is 7.67. The van der Waals surface area contributed by atoms with E-state index in [0.29, 0.717) is 11.3 Å². The minimum absolute atomic E-state index is 0.0895. The molecule has 0 unspecified atom stereocenters. The summed E-state index contributed by atoms with van der Waals surface area (Å²) in [5.41, 5.74) is 2.80. The Morgan fingerprint density at radius 2 is 1.50 bits per heavy atom. The molecule has 0 aromatic heterocycles. The number of carbonyl (C=O) groups excluding carboxylic acids is 3. The third-order valence-electron chi connectivity index (χ3n) is 7.67. The quantitative estimate of drug-likeness (QED) is 0.236. The van der Waals surface area contributed by atoms with Crippen molar-refractivity contribution in [3.8, 4) is 11.1 Å². The molecule has 0 saturated carbocycles. The van der Waals surface area contributed by atoms with Gasteiger partial charge in [-0.15, -0.1) is 0 Å². The van der Waals surface area contributed by atoms with E-state index in [1.54, 1.807) is 54.6 Å². The topological polar surface area (TPSA) is 82.1 Å². The average molecular weight is 615 g/mol. The number of allylic oxidation sites excluding steroid dienone is 2. The van der Waals surface area contributed by atoms with Crippen molar-refractivity contribution in [2.45, 2.75) is 12.3 Å². The molecule has 2 aliphatic heterocycles. The number of carbonyl (C=O) groups is 3. The largest absolute Gasteiger partial charge is 0.322 e. The number of fused-ring (bicyclic) bond motifs is 1. The molecule has 9 heteroatoms. The Morgan fingerprint density at radius 3 is 2.28 bits per heavy atom. The first-order chi connectivity index (χ1) is 22.3. The highest BCUT2D eigenvalue weighted by atomic mass is 19.3. The summed E-state index contributed by atoms with van der Waals surface area (Å²) in [7, 11) is 0. The molecule has 3 amide bonds. The fraction of sp³-hybridized carbons (Fsp3) is 0.0811. The van der Waals surface area contributed by atoms with Crippen molar-refractivity contribution in [3.63, 3.8) is 0 Å². The molecule has 0 atom stereocenters. The molecule has 0 saturated heterocycles. The number of anilines is 2. The summed E-state index contributed by atoms with van der Waals surface area (Å²) in [6.45, 7) is -0.277. The fourth-order valence-electron chi connectivity index (χ4n) is 5.37. The Bertz CT molecular complexity index is 1900. The molecule has 7 nitrogen and oxygen atoms in total. The lowest BCUT2D eigenvalue weighted by Crippen LogP contribution is -2.33. The van der Waals surface area contributed by atoms with Crippen LogP contribution in [0.5, 0.6) is 0 Å². The monoisotopic (exact) mass is 614 g/mol. The van der Waals surface area contributed by atoms with E-state index in [0.717, 1.165) is 22.1 Å². The summed E-state index contributed by atoms with van der Waals surface area (Å²) in [6, 6.07) is 29.5. The zero-order valence-corrected chi connectivity index (χ0v) is 24.5. The second-order valence-electron chi connectivity index (χ2n) is 10.6. The molecule has 0 radical (unpaired) electrons. The predicted molar refractivity (Wildman–Crippen MR) is 176 cm³/mol. The molecule has 1 N–H and O–H groups in total. The van der Waals surface area contributed by atoms with Gasteiger partial charge < -0.3 is 10.2 Å². The minimum Gasteiger partial charge on any atom is -0.322 e. The van der Waals surface area contributed by atoms with Crippen LogP contribution in [0.15, 0.2) is 139 Å². The first kappa shape index (κ1) is 30.1. The van der Waals surface area contributed by atoms with Crippen LogP contribution < -0.4 is 10.2 Å². The smallest absolute Gasteiger partial charge is 0.275 e. The molecule has 6 rings (SSSR count). The maximum absolute atomic E-state index is 15.6. The van der Waals surface area contributed by atoms with Crippen LogP contribution in [-0.4, -0.2) is 41.3 Å². The number of nitrogens with one attached hydrogen (secondary N) is 1. The molecule has 0 aliphatic carbocycles. The maximum atomic E-state index is 15.6. The summed E-state index contributed by atoms with van der Waals surface area (Å²) in [5, 5.41) is 2.88. The lowest BCUT2D eigenvalue weighted by atomic mass is 9.97. The molecule has 0 fully saturated rings. The Labute approximate surface area is 264 Å². The van der Waals surface area contributed by atoms with Gasteiger partial charge in [-0.25, -0.2) is 8.78 Å². The summed E-state index contributed by atoms with van der Waals surface area (Å²) in [5.74, 6) is -4.86. The molecular formula is C37H28F2N4O3. The van der Waals surface area contributed by atoms with Crippen LogP contribution in [0.2, 0.25) is 0 Å². The van der Waals surface area contributed by atoms with Crippen molar-refractivity contribution in [1.82, 2.24) is 4.90 Å². The Kier molecular flexibility index (Phi) is 8.47. The first-order valence-electron chi connectivity index (χ1n) is 14.6. The molecule has 0 bridgehead atoms. The van der Waals surface area contributed by atoms with Crippen LogP contribution in [0.1, 0.15) is 32.7 Å². The van der Waals surface area contributed by atoms with Crippen molar-refractivity contribution in [3.05, 3.63) is 151 Å². The van der Waals surface area contributed by atoms with E-state index in [1.807, 2.05) is 42.5 Å². The normalized spacial score (nSPS) is 16.0. The van der Waals surface area contributed by atoms with Gasteiger partial charge in [0.05, 0.1) is 5.69 Å². The average Bonchev–Trinajstić information content (AvgIpc) is 3.43. The molecule has 46 heavy (non-hydrogen) atoms. The van der Waals surface area contributed by atoms with Crippen molar-refractivity contribution in [2.75, 3.05) is 16.8 Å². The highest BCUT2D eigenvalue weighted by Crippen LogP contribution is 2.43. The molecule has 2 heterocycles. The van der Waals surface area contributed by atoms with Gasteiger partial charge in [0.15, 0.2) is 0 Å². The Hall–Kier alpha value is -5.96. The van der Waals surface area contributed by atoms with Crippen LogP contribution >= 0.6 is 0 Å². The highest BCUT2D eigenvalue weighted by Gasteiger charge is 2.41. The van der Waals surface area contributed by atoms with Gasteiger partial charge in [-0.05, 0) is 53.6 Å². The van der Waals surface area contributed by atoms with Crippen molar-refractivity contribution < 1.29 is 23.2 Å². The number of amides is 3. The van der Waals surface area contributed by atoms with Gasteiger partial charge >= 0.3 is 0 Å². The van der Waals surface area contributed by atoms with Gasteiger partial charge in [0.1, 0.15) is 0 Å². The molecule has 228 valence electrons. The molecule has 4 aromatic carbocycles. The van der Waals surface area contributed by atoms with Crippen LogP contribution in [0, 0.1) is 0 Å². The second kappa shape index (κ2) is 13.0. The summed E-state index contributed by atoms with van der Waals surface area (Å²) in [4.78, 5) is 46.4. The first-order valence-corrected chi connectivity index (χ1v) is 14.6. The number of benzene rings is 4. The predicted octanol–water partition coefficient (Wildman–Crippen LogP) is 7.57. The van der Waals surface area contributed by atoms with Gasteiger partial charge in [0, 0.05) is 71.8 Å². The molecule has 0 spiro atoms. The lowest BCUT2D eigenvalue weighted by Gasteiger charge is -2.23. The van der Waals surface area contributed by atoms with Crippen molar-refractivity contribution >= 4 is 40.9 Å². The standard InChI is InChI=1S/C37H28F2N4O3/c38-37(39)19-23-43(33-14-7-6-13-31(33)32(37)25-34(44)42-22-8-20-40-21-24-42)36(46)27-15-17-28(18-16-27)41-35(45)30-12-5-4-11-29(30)26-9-2-1-3-10-26/h1-18,20-22,24-25H,19,23H2,(H,41,45). The van der Waals surface area contributed by atoms with Crippen molar-refractivity contribution in [1.29, 1.82) is 0 Å². The minimum atomic E-state index is -3.39. The highest BCUT2D eigenvalue weighted by molar-refractivity contribution is 6.11. The number of aliphatic imine (C=N–C) groups is 1. The van der Waals surface area contributed by atoms with E-state index in [4.69, 9.17) is 0 Å². The van der Waals surface area contributed by atoms with E-state index in [1.165, 1.54) is 41.9 Å². The summed E-state index contributed by atoms with van der Waals surface area (Å²) >= 11 is 0. The Morgan fingerprint density at radius 1 is 0.804 bits per heavy atom. The molecule has 4 aromatic rings. The SMILES string of the molecule is O=C(Nc1ccc(C(=O)N2CCC(F)(F)C(=CC(=O)N3C=CC=NC=C3)c3ccccc32)cc1)c1ccccc1-c1ccccc1. The molecular weight excluding hydrogens is 586 g/mol. The van der Waals surface area contributed by atoms with E-state index in [-0.39, 0.29) is 29.3 Å². The number of nitrogens with zero attached hydrogens (tertiary/aromatic N) is 3. The van der Waals surface area contributed by atoms with E-state index in [9.17, 15) is 14.4 Å². The van der Waals surface area contributed by atoms with Crippen LogP contribution in [0.25, 0.3) is 16.7 Å². The number of halogens is 2. The number of hydrogen-bond donors (Lipinski definition) is 1. The summed E-state index contributed by atoms with van der Waals surface area (Å²) < 4.78 is 31.3. The van der Waals surface area contributed by atoms with Gasteiger partial charge in [-0.2, -0.15) is 0 Å². The van der Waals surface area contributed by atoms with Gasteiger partial charge in [0.25, 0.3) is 23.6 Å². The number of para-hydroxylation sites is 1. The summed E-state index contributed by atoms with van der Waals surface area (Å²) in [6.07, 6.45) is 7.42. The van der Waals surface area contributed by atoms with Crippen LogP contribution in [0.3, 0.4) is 0 Å². The van der Waals surface area contributed by atoms with Gasteiger partial charge in [-0.3, -0.25) is 24.3 Å². The lowest BCUT2D eigenvalue weighted by molar-refractivity contribution is -0.121. The molecule has 2 aliphatic rings. The fourth-order valence-corrected chi connectivity index (χ4v) is 5.37. The number of alkyl halides is 2.